The predicted octanol–water partition coefficient (Wildman–Crippen LogP) is 1.56. The molecule has 100 valence electrons. The fourth-order valence-electron chi connectivity index (χ4n) is 1.55. The number of carbonyl (C=O) groups is 1. The molecule has 0 aliphatic heterocycles. The number of rotatable bonds is 4. The Morgan fingerprint density at radius 3 is 2.89 bits per heavy atom. The average molecular weight is 277 g/mol. The van der Waals surface area contributed by atoms with Gasteiger partial charge in [-0.15, -0.1) is 5.10 Å². The van der Waals surface area contributed by atoms with Crippen LogP contribution in [0.2, 0.25) is 0 Å². The molecule has 2 aromatic rings. The van der Waals surface area contributed by atoms with Crippen LogP contribution >= 0.6 is 11.8 Å². The Bertz CT molecular complexity index is 596. The fraction of sp³-hybridized carbons (Fsp3) is 0.333. The van der Waals surface area contributed by atoms with Gasteiger partial charge in [-0.1, -0.05) is 23.9 Å². The first-order valence-electron chi connectivity index (χ1n) is 5.79. The summed E-state index contributed by atoms with van der Waals surface area (Å²) in [7, 11) is 1.74. The van der Waals surface area contributed by atoms with Crippen molar-refractivity contribution >= 4 is 23.4 Å². The molecule has 0 bridgehead atoms. The van der Waals surface area contributed by atoms with E-state index in [0.29, 0.717) is 5.16 Å². The molecule has 0 saturated carbocycles. The molecule has 6 nitrogen and oxygen atoms in total. The first-order valence-corrected chi connectivity index (χ1v) is 6.77. The summed E-state index contributed by atoms with van der Waals surface area (Å²) in [5, 5.41) is 14.6. The highest BCUT2D eigenvalue weighted by atomic mass is 32.2. The van der Waals surface area contributed by atoms with Crippen molar-refractivity contribution in [3.05, 3.63) is 29.3 Å². The van der Waals surface area contributed by atoms with Crippen LogP contribution in [0.4, 0.5) is 5.69 Å². The van der Waals surface area contributed by atoms with Gasteiger partial charge in [0.05, 0.1) is 5.75 Å². The van der Waals surface area contributed by atoms with E-state index in [4.69, 9.17) is 0 Å². The number of carbonyl (C=O) groups excluding carboxylic acids is 1. The zero-order valence-electron chi connectivity index (χ0n) is 11.0. The van der Waals surface area contributed by atoms with Crippen LogP contribution in [-0.2, 0) is 11.8 Å². The van der Waals surface area contributed by atoms with Crippen molar-refractivity contribution < 1.29 is 4.79 Å². The van der Waals surface area contributed by atoms with Gasteiger partial charge in [-0.25, -0.2) is 4.68 Å². The monoisotopic (exact) mass is 277 g/mol. The van der Waals surface area contributed by atoms with Crippen molar-refractivity contribution in [1.29, 1.82) is 0 Å². The van der Waals surface area contributed by atoms with Crippen LogP contribution in [0, 0.1) is 13.8 Å². The molecular weight excluding hydrogens is 262 g/mol. The molecule has 0 atom stereocenters. The molecule has 7 heteroatoms. The lowest BCUT2D eigenvalue weighted by Gasteiger charge is -2.09. The number of anilines is 1. The smallest absolute Gasteiger partial charge is 0.234 e. The van der Waals surface area contributed by atoms with Gasteiger partial charge in [-0.3, -0.25) is 4.79 Å². The number of thioether (sulfide) groups is 1. The van der Waals surface area contributed by atoms with E-state index >= 15 is 0 Å². The quantitative estimate of drug-likeness (QED) is 0.859. The summed E-state index contributed by atoms with van der Waals surface area (Å²) in [6.45, 7) is 4.01. The molecule has 1 heterocycles. The summed E-state index contributed by atoms with van der Waals surface area (Å²) < 4.78 is 1.54. The van der Waals surface area contributed by atoms with Crippen LogP contribution in [0.3, 0.4) is 0 Å². The molecule has 1 aromatic carbocycles. The maximum absolute atomic E-state index is 11.9. The largest absolute Gasteiger partial charge is 0.325 e. The summed E-state index contributed by atoms with van der Waals surface area (Å²) in [5.74, 6) is 0.211. The van der Waals surface area contributed by atoms with E-state index in [1.807, 2.05) is 32.0 Å². The summed E-state index contributed by atoms with van der Waals surface area (Å²) in [6, 6.07) is 5.84. The van der Waals surface area contributed by atoms with Crippen molar-refractivity contribution in [3.8, 4) is 0 Å². The third-order valence-corrected chi connectivity index (χ3v) is 3.80. The van der Waals surface area contributed by atoms with E-state index in [0.717, 1.165) is 16.8 Å². The van der Waals surface area contributed by atoms with Crippen molar-refractivity contribution in [3.63, 3.8) is 0 Å². The Balaban J connectivity index is 1.95. The fourth-order valence-corrected chi connectivity index (χ4v) is 2.20. The molecular formula is C12H15N5OS. The number of hydrogen-bond acceptors (Lipinski definition) is 5. The minimum absolute atomic E-state index is 0.0679. The third kappa shape index (κ3) is 3.31. The van der Waals surface area contributed by atoms with Gasteiger partial charge in [0.2, 0.25) is 11.1 Å². The highest BCUT2D eigenvalue weighted by Gasteiger charge is 2.09. The average Bonchev–Trinajstić information content (AvgIpc) is 2.78. The second-order valence-electron chi connectivity index (χ2n) is 4.17. The Morgan fingerprint density at radius 1 is 1.42 bits per heavy atom. The number of nitrogens with zero attached hydrogens (tertiary/aromatic N) is 4. The van der Waals surface area contributed by atoms with E-state index in [9.17, 15) is 4.79 Å². The number of hydrogen-bond donors (Lipinski definition) is 1. The van der Waals surface area contributed by atoms with E-state index in [1.165, 1.54) is 16.4 Å². The number of nitrogens with one attached hydrogen (secondary N) is 1. The van der Waals surface area contributed by atoms with E-state index in [-0.39, 0.29) is 11.7 Å². The van der Waals surface area contributed by atoms with Gasteiger partial charge in [0, 0.05) is 12.7 Å². The van der Waals surface area contributed by atoms with Crippen molar-refractivity contribution in [1.82, 2.24) is 20.2 Å². The third-order valence-electron chi connectivity index (χ3n) is 2.79. The molecule has 1 N–H and O–H groups in total. The van der Waals surface area contributed by atoms with Gasteiger partial charge >= 0.3 is 0 Å². The number of amides is 1. The first kappa shape index (κ1) is 13.5. The Hall–Kier alpha value is -1.89. The number of aromatic nitrogens is 4. The zero-order chi connectivity index (χ0) is 13.8. The SMILES string of the molecule is Cc1cccc(NC(=O)CSc2nnnn2C)c1C. The molecule has 0 aliphatic rings. The van der Waals surface area contributed by atoms with Gasteiger partial charge in [0.15, 0.2) is 0 Å². The van der Waals surface area contributed by atoms with Crippen molar-refractivity contribution in [2.75, 3.05) is 11.1 Å². The van der Waals surface area contributed by atoms with Gasteiger partial charge in [-0.05, 0) is 41.5 Å². The minimum atomic E-state index is -0.0679. The first-order chi connectivity index (χ1) is 9.08. The molecule has 0 unspecified atom stereocenters. The lowest BCUT2D eigenvalue weighted by Crippen LogP contribution is -2.15. The highest BCUT2D eigenvalue weighted by Crippen LogP contribution is 2.19. The molecule has 2 rings (SSSR count). The molecule has 0 aliphatic carbocycles. The molecule has 1 aromatic heterocycles. The molecule has 1 amide bonds. The van der Waals surface area contributed by atoms with Crippen LogP contribution in [-0.4, -0.2) is 31.9 Å². The Labute approximate surface area is 115 Å². The van der Waals surface area contributed by atoms with Crippen LogP contribution < -0.4 is 5.32 Å². The maximum Gasteiger partial charge on any atom is 0.234 e. The van der Waals surface area contributed by atoms with Crippen LogP contribution in [0.15, 0.2) is 23.4 Å². The molecule has 0 radical (unpaired) electrons. The minimum Gasteiger partial charge on any atom is -0.325 e. The molecule has 0 fully saturated rings. The van der Waals surface area contributed by atoms with Crippen LogP contribution in [0.1, 0.15) is 11.1 Å². The second-order valence-corrected chi connectivity index (χ2v) is 5.11. The second kappa shape index (κ2) is 5.83. The van der Waals surface area contributed by atoms with E-state index in [2.05, 4.69) is 20.8 Å². The van der Waals surface area contributed by atoms with E-state index < -0.39 is 0 Å². The number of benzene rings is 1. The van der Waals surface area contributed by atoms with E-state index in [1.54, 1.807) is 7.05 Å². The summed E-state index contributed by atoms with van der Waals surface area (Å²) in [6.07, 6.45) is 0. The molecule has 19 heavy (non-hydrogen) atoms. The number of aryl methyl sites for hydroxylation is 2. The van der Waals surface area contributed by atoms with Gasteiger partial charge < -0.3 is 5.32 Å². The molecule has 0 saturated heterocycles. The van der Waals surface area contributed by atoms with Gasteiger partial charge in [0.1, 0.15) is 0 Å². The zero-order valence-corrected chi connectivity index (χ0v) is 11.9. The van der Waals surface area contributed by atoms with Gasteiger partial charge in [0.25, 0.3) is 0 Å². The molecule has 0 spiro atoms. The lowest BCUT2D eigenvalue weighted by atomic mass is 10.1. The van der Waals surface area contributed by atoms with Crippen LogP contribution in [0.5, 0.6) is 0 Å². The number of tetrazole rings is 1. The summed E-state index contributed by atoms with van der Waals surface area (Å²) >= 11 is 1.31. The van der Waals surface area contributed by atoms with Gasteiger partial charge in [-0.2, -0.15) is 0 Å². The maximum atomic E-state index is 11.9. The summed E-state index contributed by atoms with van der Waals surface area (Å²) in [5.41, 5.74) is 3.09. The highest BCUT2D eigenvalue weighted by molar-refractivity contribution is 7.99. The topological polar surface area (TPSA) is 72.7 Å². The van der Waals surface area contributed by atoms with Crippen LogP contribution in [0.25, 0.3) is 0 Å². The standard InChI is InChI=1S/C12H15N5OS/c1-8-5-4-6-10(9(8)2)13-11(18)7-19-12-14-15-16-17(12)3/h4-6H,7H2,1-3H3,(H,13,18). The predicted molar refractivity (Wildman–Crippen MR) is 74.1 cm³/mol. The summed E-state index contributed by atoms with van der Waals surface area (Å²) in [4.78, 5) is 11.9. The lowest BCUT2D eigenvalue weighted by molar-refractivity contribution is -0.113. The Morgan fingerprint density at radius 2 is 2.21 bits per heavy atom. The Kier molecular flexibility index (Phi) is 4.16. The van der Waals surface area contributed by atoms with Crippen molar-refractivity contribution in [2.24, 2.45) is 7.05 Å². The normalized spacial score (nSPS) is 10.5. The van der Waals surface area contributed by atoms with Crippen molar-refractivity contribution in [2.45, 2.75) is 19.0 Å².